The van der Waals surface area contributed by atoms with E-state index in [9.17, 15) is 39.7 Å². The molecule has 31 heavy (non-hydrogen) atoms. The second kappa shape index (κ2) is 10.7. The molecule has 0 aromatic heterocycles. The standard InChI is InChI=1S/C19H35O11P/c1-11-13(20)15(22)14(21)12(30-11)10-31(27,28-8-6-18(2,3)16(23)24)29-9-7-19(4,5)17(25)26/h11-15,20-22H,6-10H2,1-5H3,(H,23,24)(H,25,26)/t11-,12+,13+,14+,15+/m0/s1. The van der Waals surface area contributed by atoms with Crippen molar-refractivity contribution in [3.63, 3.8) is 0 Å². The van der Waals surface area contributed by atoms with Crippen molar-refractivity contribution in [3.05, 3.63) is 0 Å². The number of aliphatic carboxylic acids is 2. The Kier molecular flexibility index (Phi) is 9.65. The predicted octanol–water partition coefficient (Wildman–Crippen LogP) is 1.08. The van der Waals surface area contributed by atoms with Gasteiger partial charge in [0.25, 0.3) is 0 Å². The van der Waals surface area contributed by atoms with E-state index >= 15 is 0 Å². The smallest absolute Gasteiger partial charge is 0.333 e. The number of ether oxygens (including phenoxy) is 1. The summed E-state index contributed by atoms with van der Waals surface area (Å²) in [6.45, 7) is 6.93. The Morgan fingerprint density at radius 1 is 0.871 bits per heavy atom. The largest absolute Gasteiger partial charge is 0.481 e. The Morgan fingerprint density at radius 2 is 1.29 bits per heavy atom. The van der Waals surface area contributed by atoms with Gasteiger partial charge in [-0.15, -0.1) is 0 Å². The fourth-order valence-electron chi connectivity index (χ4n) is 2.74. The number of aliphatic hydroxyl groups is 3. The SMILES string of the molecule is C[C@@H]1O[C@H](CP(=O)(OCCC(C)(C)C(=O)O)OCCC(C)(C)C(=O)O)[C@@H](O)[C@H](O)[C@@H]1O. The van der Waals surface area contributed by atoms with Crippen LogP contribution in [0.5, 0.6) is 0 Å². The molecule has 11 nitrogen and oxygen atoms in total. The van der Waals surface area contributed by atoms with E-state index in [2.05, 4.69) is 0 Å². The summed E-state index contributed by atoms with van der Waals surface area (Å²) in [5, 5.41) is 48.5. The number of hydrogen-bond donors (Lipinski definition) is 5. The summed E-state index contributed by atoms with van der Waals surface area (Å²) in [5.74, 6) is -2.13. The van der Waals surface area contributed by atoms with Crippen LogP contribution in [0.1, 0.15) is 47.5 Å². The molecule has 0 bridgehead atoms. The van der Waals surface area contributed by atoms with Gasteiger partial charge in [-0.2, -0.15) is 0 Å². The minimum atomic E-state index is -3.99. The van der Waals surface area contributed by atoms with Gasteiger partial charge in [0.05, 0.1) is 42.4 Å². The van der Waals surface area contributed by atoms with Gasteiger partial charge >= 0.3 is 19.5 Å². The summed E-state index contributed by atoms with van der Waals surface area (Å²) in [6.07, 6.45) is -6.89. The second-order valence-corrected chi connectivity index (χ2v) is 11.3. The van der Waals surface area contributed by atoms with Crippen LogP contribution in [0.15, 0.2) is 0 Å². The summed E-state index contributed by atoms with van der Waals surface area (Å²) in [6, 6.07) is 0. The fourth-order valence-corrected chi connectivity index (χ4v) is 4.51. The van der Waals surface area contributed by atoms with Gasteiger partial charge in [-0.1, -0.05) is 0 Å². The highest BCUT2D eigenvalue weighted by molar-refractivity contribution is 7.53. The van der Waals surface area contributed by atoms with Crippen LogP contribution in [0.3, 0.4) is 0 Å². The number of rotatable bonds is 12. The van der Waals surface area contributed by atoms with Crippen molar-refractivity contribution in [2.24, 2.45) is 10.8 Å². The van der Waals surface area contributed by atoms with E-state index < -0.39 is 67.0 Å². The van der Waals surface area contributed by atoms with Crippen LogP contribution < -0.4 is 0 Å². The lowest BCUT2D eigenvalue weighted by atomic mass is 9.90. The van der Waals surface area contributed by atoms with Crippen molar-refractivity contribution in [2.45, 2.75) is 78.0 Å². The summed E-state index contributed by atoms with van der Waals surface area (Å²) >= 11 is 0. The maximum Gasteiger partial charge on any atom is 0.333 e. The Morgan fingerprint density at radius 3 is 1.68 bits per heavy atom. The predicted molar refractivity (Wildman–Crippen MR) is 109 cm³/mol. The van der Waals surface area contributed by atoms with Gasteiger partial charge in [0, 0.05) is 0 Å². The molecule has 5 atom stereocenters. The van der Waals surface area contributed by atoms with Crippen LogP contribution in [-0.2, 0) is 27.9 Å². The third kappa shape index (κ3) is 7.78. The highest BCUT2D eigenvalue weighted by Gasteiger charge is 2.45. The first-order valence-corrected chi connectivity index (χ1v) is 11.8. The van der Waals surface area contributed by atoms with Gasteiger partial charge in [0.1, 0.15) is 18.3 Å². The zero-order valence-corrected chi connectivity index (χ0v) is 19.4. The van der Waals surface area contributed by atoms with Crippen LogP contribution in [-0.4, -0.2) is 87.4 Å². The molecular weight excluding hydrogens is 435 g/mol. The van der Waals surface area contributed by atoms with Gasteiger partial charge < -0.3 is 39.3 Å². The number of hydrogen-bond acceptors (Lipinski definition) is 9. The van der Waals surface area contributed by atoms with Crippen LogP contribution in [0.2, 0.25) is 0 Å². The molecule has 1 aliphatic heterocycles. The number of aliphatic hydroxyl groups excluding tert-OH is 3. The second-order valence-electron chi connectivity index (χ2n) is 9.19. The van der Waals surface area contributed by atoms with E-state index in [4.69, 9.17) is 13.8 Å². The molecule has 0 aromatic carbocycles. The number of carboxylic acid groups (broad SMARTS) is 2. The quantitative estimate of drug-likeness (QED) is 0.258. The Hall–Kier alpha value is -1.07. The van der Waals surface area contributed by atoms with Crippen molar-refractivity contribution in [2.75, 3.05) is 19.4 Å². The van der Waals surface area contributed by atoms with Gasteiger partial charge in [0.15, 0.2) is 0 Å². The molecule has 182 valence electrons. The zero-order chi connectivity index (χ0) is 24.2. The van der Waals surface area contributed by atoms with Crippen molar-refractivity contribution >= 4 is 19.5 Å². The highest BCUT2D eigenvalue weighted by Crippen LogP contribution is 2.51. The minimum Gasteiger partial charge on any atom is -0.481 e. The maximum absolute atomic E-state index is 13.4. The fraction of sp³-hybridized carbons (Fsp3) is 0.895. The molecule has 0 saturated carbocycles. The monoisotopic (exact) mass is 470 g/mol. The van der Waals surface area contributed by atoms with E-state index in [1.165, 1.54) is 34.6 Å². The Bertz CT molecular complexity index is 642. The highest BCUT2D eigenvalue weighted by atomic mass is 31.2. The normalized spacial score (nSPS) is 27.8. The maximum atomic E-state index is 13.4. The molecule has 1 rings (SSSR count). The summed E-state index contributed by atoms with van der Waals surface area (Å²) in [4.78, 5) is 22.5. The lowest BCUT2D eigenvalue weighted by molar-refractivity contribution is -0.211. The summed E-state index contributed by atoms with van der Waals surface area (Å²) < 4.78 is 29.7. The molecule has 0 aliphatic carbocycles. The van der Waals surface area contributed by atoms with Crippen LogP contribution in [0, 0.1) is 10.8 Å². The molecule has 1 aliphatic rings. The van der Waals surface area contributed by atoms with Gasteiger partial charge in [-0.05, 0) is 47.5 Å². The van der Waals surface area contributed by atoms with E-state index in [1.807, 2.05) is 0 Å². The van der Waals surface area contributed by atoms with Crippen molar-refractivity contribution in [1.29, 1.82) is 0 Å². The molecule has 12 heteroatoms. The van der Waals surface area contributed by atoms with Crippen molar-refractivity contribution in [1.82, 2.24) is 0 Å². The molecule has 0 aromatic rings. The Balaban J connectivity index is 2.92. The first-order valence-electron chi connectivity index (χ1n) is 10.1. The molecule has 0 radical (unpaired) electrons. The summed E-state index contributed by atoms with van der Waals surface area (Å²) in [5.41, 5.74) is -2.29. The Labute approximate surface area is 181 Å². The molecule has 5 N–H and O–H groups in total. The molecule has 1 saturated heterocycles. The summed E-state index contributed by atoms with van der Waals surface area (Å²) in [7, 11) is -3.99. The first kappa shape index (κ1) is 28.0. The van der Waals surface area contributed by atoms with E-state index in [0.717, 1.165) is 0 Å². The molecular formula is C19H35O11P. The van der Waals surface area contributed by atoms with Crippen molar-refractivity contribution < 1.29 is 53.5 Å². The van der Waals surface area contributed by atoms with Gasteiger partial charge in [0.2, 0.25) is 0 Å². The minimum absolute atomic E-state index is 0.0160. The van der Waals surface area contributed by atoms with E-state index in [-0.39, 0.29) is 26.1 Å². The van der Waals surface area contributed by atoms with Crippen LogP contribution >= 0.6 is 7.60 Å². The average Bonchev–Trinajstić information content (AvgIpc) is 2.63. The van der Waals surface area contributed by atoms with Crippen LogP contribution in [0.25, 0.3) is 0 Å². The first-order chi connectivity index (χ1) is 14.0. The lowest BCUT2D eigenvalue weighted by Gasteiger charge is -2.40. The molecule has 0 spiro atoms. The molecule has 1 fully saturated rings. The average molecular weight is 470 g/mol. The van der Waals surface area contributed by atoms with Gasteiger partial charge in [-0.25, -0.2) is 0 Å². The molecule has 0 amide bonds. The topological polar surface area (TPSA) is 180 Å². The van der Waals surface area contributed by atoms with Gasteiger partial charge in [-0.3, -0.25) is 14.2 Å². The van der Waals surface area contributed by atoms with E-state index in [1.54, 1.807) is 0 Å². The third-order valence-corrected chi connectivity index (χ3v) is 7.50. The van der Waals surface area contributed by atoms with Crippen molar-refractivity contribution in [3.8, 4) is 0 Å². The molecule has 1 heterocycles. The third-order valence-electron chi connectivity index (χ3n) is 5.54. The van der Waals surface area contributed by atoms with E-state index in [0.29, 0.717) is 0 Å². The lowest BCUT2D eigenvalue weighted by Crippen LogP contribution is -2.57. The number of carbonyl (C=O) groups is 2. The zero-order valence-electron chi connectivity index (χ0n) is 18.6. The van der Waals surface area contributed by atoms with Crippen LogP contribution in [0.4, 0.5) is 0 Å². The number of carboxylic acids is 2. The molecule has 0 unspecified atom stereocenters.